The Hall–Kier alpha value is -4.33. The second-order valence-corrected chi connectivity index (χ2v) is 19.2. The van der Waals surface area contributed by atoms with Crippen molar-refractivity contribution in [3.05, 3.63) is 65.2 Å². The van der Waals surface area contributed by atoms with Crippen LogP contribution in [0.4, 0.5) is 4.39 Å². The van der Waals surface area contributed by atoms with Crippen molar-refractivity contribution in [3.8, 4) is 5.88 Å². The number of pyridine rings is 1. The molecular weight excluding hydrogens is 754 g/mol. The first-order valence-electron chi connectivity index (χ1n) is 20.7. The van der Waals surface area contributed by atoms with Gasteiger partial charge in [0.2, 0.25) is 21.8 Å². The van der Waals surface area contributed by atoms with Crippen LogP contribution in [0.3, 0.4) is 0 Å². The molecule has 14 heteroatoms. The molecule has 57 heavy (non-hydrogen) atoms. The highest BCUT2D eigenvalue weighted by molar-refractivity contribution is 7.90. The van der Waals surface area contributed by atoms with Gasteiger partial charge in [-0.1, -0.05) is 37.1 Å². The van der Waals surface area contributed by atoms with E-state index in [4.69, 9.17) is 9.47 Å². The minimum absolute atomic E-state index is 0.0199. The molecule has 306 valence electrons. The van der Waals surface area contributed by atoms with E-state index in [-0.39, 0.29) is 73.9 Å². The minimum Gasteiger partial charge on any atom is -0.473 e. The fourth-order valence-corrected chi connectivity index (χ4v) is 11.3. The lowest BCUT2D eigenvalue weighted by molar-refractivity contribution is -0.156. The maximum absolute atomic E-state index is 14.9. The summed E-state index contributed by atoms with van der Waals surface area (Å²) in [7, 11) is -3.88. The van der Waals surface area contributed by atoms with Gasteiger partial charge in [0.1, 0.15) is 18.0 Å². The number of rotatable bonds is 8. The summed E-state index contributed by atoms with van der Waals surface area (Å²) < 4.78 is 56.4. The predicted octanol–water partition coefficient (Wildman–Crippen LogP) is 5.51. The lowest BCUT2D eigenvalue weighted by Crippen LogP contribution is -2.47. The predicted molar refractivity (Wildman–Crippen MR) is 209 cm³/mol. The first-order chi connectivity index (χ1) is 27.4. The number of esters is 1. The number of nitrogens with zero attached hydrogens (tertiary/aromatic N) is 2. The average molecular weight is 806 g/mol. The van der Waals surface area contributed by atoms with Crippen LogP contribution in [0, 0.1) is 34.9 Å². The number of aromatic nitrogens is 1. The molecular formula is C43H52FN3O9S. The van der Waals surface area contributed by atoms with Crippen molar-refractivity contribution < 1.29 is 41.5 Å². The van der Waals surface area contributed by atoms with Gasteiger partial charge in [0.05, 0.1) is 41.0 Å². The summed E-state index contributed by atoms with van der Waals surface area (Å²) >= 11 is 0. The van der Waals surface area contributed by atoms with E-state index in [1.165, 1.54) is 27.7 Å². The summed E-state index contributed by atoms with van der Waals surface area (Å²) in [5.74, 6) is -3.37. The SMILES string of the molecule is C=C[C@H]1C[C@]1(CC(=O)[C@@H]1C[C@@H]2CN1C(=O)[C@H](C1CCCC1)CC(=O)O[C@@H]1CCC[C@H]1C/C=C/CCn1c(cc3ccc(F)cc3c1=O)O2)C(=O)NS(=O)(=O)C1CC1. The molecule has 0 radical (unpaired) electrons. The smallest absolute Gasteiger partial charge is 0.306 e. The molecule has 5 fully saturated rings. The van der Waals surface area contributed by atoms with Gasteiger partial charge in [0.15, 0.2) is 11.7 Å². The van der Waals surface area contributed by atoms with Crippen molar-refractivity contribution in [3.63, 3.8) is 0 Å². The van der Waals surface area contributed by atoms with Crippen LogP contribution in [-0.4, -0.2) is 71.5 Å². The summed E-state index contributed by atoms with van der Waals surface area (Å²) in [6.07, 6.45) is 12.5. The topological polar surface area (TPSA) is 158 Å². The van der Waals surface area contributed by atoms with E-state index in [0.717, 1.165) is 44.9 Å². The molecule has 4 saturated carbocycles. The molecule has 2 aliphatic heterocycles. The molecule has 1 saturated heterocycles. The van der Waals surface area contributed by atoms with Crippen LogP contribution in [0.1, 0.15) is 96.3 Å². The first kappa shape index (κ1) is 39.5. The molecule has 2 bridgehead atoms. The second-order valence-electron chi connectivity index (χ2n) is 17.2. The molecule has 0 spiro atoms. The third-order valence-electron chi connectivity index (χ3n) is 13.5. The van der Waals surface area contributed by atoms with Gasteiger partial charge in [-0.15, -0.1) is 6.58 Å². The number of hydrogen-bond donors (Lipinski definition) is 1. The van der Waals surface area contributed by atoms with Crippen molar-refractivity contribution in [2.45, 2.75) is 126 Å². The van der Waals surface area contributed by atoms with Gasteiger partial charge in [-0.3, -0.25) is 33.3 Å². The monoisotopic (exact) mass is 805 g/mol. The van der Waals surface area contributed by atoms with Gasteiger partial charge in [-0.05, 0) is 99.5 Å². The zero-order chi connectivity index (χ0) is 40.1. The number of halogens is 1. The lowest BCUT2D eigenvalue weighted by atomic mass is 9.86. The van der Waals surface area contributed by atoms with Crippen LogP contribution in [0.2, 0.25) is 0 Å². The van der Waals surface area contributed by atoms with E-state index in [0.29, 0.717) is 31.1 Å². The Morgan fingerprint density at radius 1 is 0.982 bits per heavy atom. The third kappa shape index (κ3) is 8.07. The number of ketones is 1. The number of ether oxygens (including phenoxy) is 2. The number of fused-ring (bicyclic) bond motifs is 5. The number of carbonyl (C=O) groups is 4. The molecule has 0 unspecified atom stereocenters. The van der Waals surface area contributed by atoms with Crippen molar-refractivity contribution in [2.75, 3.05) is 6.54 Å². The lowest BCUT2D eigenvalue weighted by Gasteiger charge is -2.31. The number of allylic oxidation sites excluding steroid dienone is 3. The van der Waals surface area contributed by atoms with Gasteiger partial charge >= 0.3 is 5.97 Å². The highest BCUT2D eigenvalue weighted by atomic mass is 32.2. The fourth-order valence-electron chi connectivity index (χ4n) is 9.96. The van der Waals surface area contributed by atoms with Crippen LogP contribution >= 0.6 is 0 Å². The number of nitrogens with one attached hydrogen (secondary N) is 1. The maximum Gasteiger partial charge on any atom is 0.306 e. The highest BCUT2D eigenvalue weighted by Gasteiger charge is 2.61. The number of carbonyl (C=O) groups excluding carboxylic acids is 4. The molecule has 6 aliphatic rings. The molecule has 1 N–H and O–H groups in total. The van der Waals surface area contributed by atoms with E-state index in [9.17, 15) is 36.8 Å². The number of amides is 2. The Morgan fingerprint density at radius 2 is 1.75 bits per heavy atom. The zero-order valence-electron chi connectivity index (χ0n) is 32.2. The normalized spacial score (nSPS) is 31.7. The number of hydrogen-bond acceptors (Lipinski definition) is 9. The third-order valence-corrected chi connectivity index (χ3v) is 15.3. The van der Waals surface area contributed by atoms with Crippen LogP contribution in [0.25, 0.3) is 10.8 Å². The largest absolute Gasteiger partial charge is 0.473 e. The number of benzene rings is 1. The standard InChI is InChI=1S/C43H52FN3O9S/c1-2-29-23-43(29,42(52)45-57(53,54)32-16-17-32)24-36(48)35-21-31-25-47(35)41(51)34(26-9-5-6-10-26)22-39(49)56-37-13-8-12-27(37)11-4-3-7-18-46-38(55-31)19-28-14-15-30(44)20-33(28)40(46)50/h2-4,14-15,19-20,26-27,29,31-32,34-35,37H,1,5-13,16-18,21-25H2,(H,45,52)/b4-3+/t27-,29+,31-,34+,35+,37-,43-/m1/s1. The van der Waals surface area contributed by atoms with E-state index in [1.807, 2.05) is 12.2 Å². The Kier molecular flexibility index (Phi) is 10.9. The molecule has 12 nitrogen and oxygen atoms in total. The first-order valence-corrected chi connectivity index (χ1v) is 22.3. The minimum atomic E-state index is -3.88. The Balaban J connectivity index is 1.15. The van der Waals surface area contributed by atoms with Crippen LogP contribution in [0.15, 0.2) is 53.9 Å². The number of sulfonamides is 1. The van der Waals surface area contributed by atoms with Crippen molar-refractivity contribution in [2.24, 2.45) is 29.1 Å². The van der Waals surface area contributed by atoms with Gasteiger partial charge in [-0.2, -0.15) is 0 Å². The summed E-state index contributed by atoms with van der Waals surface area (Å²) in [6.45, 7) is 4.04. The Labute approximate surface area is 332 Å². The Morgan fingerprint density at radius 3 is 2.49 bits per heavy atom. The maximum atomic E-state index is 14.9. The van der Waals surface area contributed by atoms with E-state index in [1.54, 1.807) is 12.1 Å². The molecule has 1 aromatic carbocycles. The summed E-state index contributed by atoms with van der Waals surface area (Å²) in [5, 5.41) is 0.0539. The second kappa shape index (κ2) is 15.8. The van der Waals surface area contributed by atoms with Crippen molar-refractivity contribution in [1.29, 1.82) is 0 Å². The van der Waals surface area contributed by atoms with Gasteiger partial charge in [-0.25, -0.2) is 12.8 Å². The van der Waals surface area contributed by atoms with Crippen LogP contribution < -0.4 is 15.0 Å². The highest BCUT2D eigenvalue weighted by Crippen LogP contribution is 2.57. The molecule has 2 amide bonds. The van der Waals surface area contributed by atoms with Crippen LogP contribution in [-0.2, 0) is 40.5 Å². The molecule has 8 rings (SSSR count). The zero-order valence-corrected chi connectivity index (χ0v) is 33.1. The van der Waals surface area contributed by atoms with E-state index >= 15 is 0 Å². The van der Waals surface area contributed by atoms with E-state index < -0.39 is 73.7 Å². The summed E-state index contributed by atoms with van der Waals surface area (Å²) in [6, 6.07) is 4.63. The van der Waals surface area contributed by atoms with Crippen LogP contribution in [0.5, 0.6) is 5.88 Å². The van der Waals surface area contributed by atoms with Crippen molar-refractivity contribution >= 4 is 44.4 Å². The van der Waals surface area contributed by atoms with Gasteiger partial charge < -0.3 is 14.4 Å². The molecule has 2 aromatic rings. The Bertz CT molecular complexity index is 2160. The quantitative estimate of drug-likeness (QED) is 0.269. The van der Waals surface area contributed by atoms with Gasteiger partial charge in [0, 0.05) is 25.5 Å². The molecule has 4 aliphatic carbocycles. The molecule has 3 heterocycles. The van der Waals surface area contributed by atoms with Crippen molar-refractivity contribution in [1.82, 2.24) is 14.2 Å². The average Bonchev–Trinajstić information content (AvgIpc) is 3.97. The van der Waals surface area contributed by atoms with E-state index in [2.05, 4.69) is 11.3 Å². The summed E-state index contributed by atoms with van der Waals surface area (Å²) in [4.78, 5) is 72.3. The van der Waals surface area contributed by atoms with Gasteiger partial charge in [0.25, 0.3) is 5.56 Å². The fraction of sp³-hybridized carbons (Fsp3) is 0.605. The molecule has 7 atom stereocenters. The summed E-state index contributed by atoms with van der Waals surface area (Å²) in [5.41, 5.74) is -1.75. The number of Topliss-reactive ketones (excluding diaryl/α,β-unsaturated/α-hetero) is 1. The molecule has 1 aromatic heterocycles.